The van der Waals surface area contributed by atoms with E-state index in [2.05, 4.69) is 15.9 Å². The second kappa shape index (κ2) is 5.95. The van der Waals surface area contributed by atoms with Crippen LogP contribution in [-0.2, 0) is 4.74 Å². The maximum Gasteiger partial charge on any atom is 0.128 e. The Labute approximate surface area is 132 Å². The molecule has 3 N–H and O–H groups in total. The van der Waals surface area contributed by atoms with Crippen LogP contribution in [0.15, 0.2) is 34.1 Å². The molecule has 0 radical (unpaired) electrons. The van der Waals surface area contributed by atoms with Crippen LogP contribution in [0.5, 0.6) is 0 Å². The summed E-state index contributed by atoms with van der Waals surface area (Å²) in [5.74, 6) is 0.0981. The Hall–Kier alpha value is -0.490. The second-order valence-electron chi connectivity index (χ2n) is 6.29. The Bertz CT molecular complexity index is 512. The molecule has 0 bridgehead atoms. The van der Waals surface area contributed by atoms with Gasteiger partial charge in [0.15, 0.2) is 0 Å². The van der Waals surface area contributed by atoms with E-state index >= 15 is 0 Å². The highest BCUT2D eigenvalue weighted by atomic mass is 79.9. The van der Waals surface area contributed by atoms with Crippen molar-refractivity contribution in [3.63, 3.8) is 0 Å². The van der Waals surface area contributed by atoms with Gasteiger partial charge in [-0.3, -0.25) is 0 Å². The lowest BCUT2D eigenvalue weighted by Crippen LogP contribution is -2.59. The van der Waals surface area contributed by atoms with Crippen LogP contribution in [0.4, 0.5) is 4.39 Å². The topological polar surface area (TPSA) is 55.5 Å². The largest absolute Gasteiger partial charge is 0.396 e. The van der Waals surface area contributed by atoms with Gasteiger partial charge < -0.3 is 15.6 Å². The maximum absolute atomic E-state index is 14.4. The summed E-state index contributed by atoms with van der Waals surface area (Å²) in [6, 6.07) is 0. The smallest absolute Gasteiger partial charge is 0.128 e. The lowest BCUT2D eigenvalue weighted by Gasteiger charge is -2.44. The van der Waals surface area contributed by atoms with Crippen molar-refractivity contribution in [2.75, 3.05) is 13.2 Å². The van der Waals surface area contributed by atoms with Crippen molar-refractivity contribution >= 4 is 15.9 Å². The summed E-state index contributed by atoms with van der Waals surface area (Å²) in [6.45, 7) is 0.229. The van der Waals surface area contributed by atoms with Crippen molar-refractivity contribution in [3.8, 4) is 0 Å². The number of ether oxygens (including phenoxy) is 1. The lowest BCUT2D eigenvalue weighted by atomic mass is 9.73. The maximum atomic E-state index is 14.4. The number of hydrogen-bond donors (Lipinski definition) is 2. The number of aliphatic hydroxyl groups excluding tert-OH is 1. The zero-order valence-corrected chi connectivity index (χ0v) is 13.5. The van der Waals surface area contributed by atoms with E-state index in [0.717, 1.165) is 4.48 Å². The van der Waals surface area contributed by atoms with Crippen molar-refractivity contribution in [1.29, 1.82) is 0 Å². The molecular weight excluding hydrogens is 337 g/mol. The minimum absolute atomic E-state index is 0.0394. The molecule has 5 heteroatoms. The van der Waals surface area contributed by atoms with Crippen LogP contribution in [0.3, 0.4) is 0 Å². The van der Waals surface area contributed by atoms with E-state index in [1.54, 1.807) is 6.08 Å². The molecule has 0 aromatic heterocycles. The number of halogens is 2. The monoisotopic (exact) mass is 357 g/mol. The van der Waals surface area contributed by atoms with E-state index in [9.17, 15) is 9.50 Å². The molecule has 3 aliphatic rings. The SMILES string of the molecule is NC1(C2=CCC(Br)=CC=C2F)COC(C2CC2)CC1CO. The van der Waals surface area contributed by atoms with E-state index in [1.807, 2.05) is 6.08 Å². The van der Waals surface area contributed by atoms with Crippen molar-refractivity contribution in [2.24, 2.45) is 17.6 Å². The van der Waals surface area contributed by atoms with Gasteiger partial charge in [0.25, 0.3) is 0 Å². The number of rotatable bonds is 3. The van der Waals surface area contributed by atoms with E-state index in [-0.39, 0.29) is 31.1 Å². The summed E-state index contributed by atoms with van der Waals surface area (Å²) in [5.41, 5.74) is 6.01. The highest BCUT2D eigenvalue weighted by Crippen LogP contribution is 2.44. The Morgan fingerprint density at radius 2 is 2.19 bits per heavy atom. The third-order valence-corrected chi connectivity index (χ3v) is 5.41. The Morgan fingerprint density at radius 1 is 1.43 bits per heavy atom. The van der Waals surface area contributed by atoms with Crippen molar-refractivity contribution < 1.29 is 14.2 Å². The third kappa shape index (κ3) is 3.02. The zero-order valence-electron chi connectivity index (χ0n) is 11.9. The van der Waals surface area contributed by atoms with Crippen LogP contribution < -0.4 is 5.73 Å². The predicted molar refractivity (Wildman–Crippen MR) is 83.5 cm³/mol. The van der Waals surface area contributed by atoms with E-state index in [1.165, 1.54) is 18.9 Å². The molecule has 3 rings (SSSR count). The first-order valence-electron chi connectivity index (χ1n) is 7.49. The average Bonchev–Trinajstić information content (AvgIpc) is 3.30. The molecule has 1 heterocycles. The van der Waals surface area contributed by atoms with Gasteiger partial charge in [-0.1, -0.05) is 22.0 Å². The molecule has 0 aromatic rings. The lowest BCUT2D eigenvalue weighted by molar-refractivity contribution is -0.0694. The van der Waals surface area contributed by atoms with E-state index < -0.39 is 5.54 Å². The number of nitrogens with two attached hydrogens (primary N) is 1. The normalized spacial score (nSPS) is 37.4. The van der Waals surface area contributed by atoms with Gasteiger partial charge in [-0.05, 0) is 48.2 Å². The van der Waals surface area contributed by atoms with Crippen LogP contribution >= 0.6 is 15.9 Å². The fraction of sp³-hybridized carbons (Fsp3) is 0.625. The van der Waals surface area contributed by atoms with Crippen LogP contribution in [0.1, 0.15) is 25.7 Å². The molecule has 0 aromatic carbocycles. The Kier molecular flexibility index (Phi) is 4.37. The van der Waals surface area contributed by atoms with Crippen molar-refractivity contribution in [1.82, 2.24) is 0 Å². The average molecular weight is 358 g/mol. The van der Waals surface area contributed by atoms with Crippen molar-refractivity contribution in [2.45, 2.75) is 37.3 Å². The zero-order chi connectivity index (χ0) is 15.0. The van der Waals surface area contributed by atoms with Gasteiger partial charge in [0.2, 0.25) is 0 Å². The van der Waals surface area contributed by atoms with Gasteiger partial charge in [0.05, 0.1) is 18.2 Å². The summed E-state index contributed by atoms with van der Waals surface area (Å²) in [7, 11) is 0. The Morgan fingerprint density at radius 3 is 2.86 bits per heavy atom. The molecule has 1 saturated heterocycles. The van der Waals surface area contributed by atoms with Gasteiger partial charge in [0.1, 0.15) is 5.83 Å². The Balaban J connectivity index is 1.85. The van der Waals surface area contributed by atoms with Gasteiger partial charge in [-0.25, -0.2) is 4.39 Å². The summed E-state index contributed by atoms with van der Waals surface area (Å²) in [6.07, 6.45) is 8.79. The number of allylic oxidation sites excluding steroid dienone is 4. The summed E-state index contributed by atoms with van der Waals surface area (Å²) in [5, 5.41) is 9.76. The van der Waals surface area contributed by atoms with Crippen molar-refractivity contribution in [3.05, 3.63) is 34.1 Å². The molecule has 1 aliphatic heterocycles. The number of aliphatic hydroxyl groups is 1. The fourth-order valence-electron chi connectivity index (χ4n) is 3.28. The van der Waals surface area contributed by atoms with Crippen LogP contribution in [0, 0.1) is 11.8 Å². The second-order valence-corrected chi connectivity index (χ2v) is 7.31. The van der Waals surface area contributed by atoms with Crippen LogP contribution in [-0.4, -0.2) is 30.0 Å². The van der Waals surface area contributed by atoms with Gasteiger partial charge in [-0.2, -0.15) is 0 Å². The minimum atomic E-state index is -0.952. The molecule has 0 amide bonds. The quantitative estimate of drug-likeness (QED) is 0.816. The molecule has 3 unspecified atom stereocenters. The van der Waals surface area contributed by atoms with E-state index in [0.29, 0.717) is 24.3 Å². The summed E-state index contributed by atoms with van der Waals surface area (Å²) in [4.78, 5) is 0. The predicted octanol–water partition coefficient (Wildman–Crippen LogP) is 2.95. The standard InChI is InChI=1S/C16H21BrFNO2/c17-12-3-5-13(14(18)6-4-12)16(19)9-21-15(10-1-2-10)7-11(16)8-20/h4-6,10-11,15,20H,1-3,7-9,19H2. The molecule has 116 valence electrons. The molecule has 21 heavy (non-hydrogen) atoms. The molecule has 1 saturated carbocycles. The van der Waals surface area contributed by atoms with E-state index in [4.69, 9.17) is 10.5 Å². The first kappa shape index (κ1) is 15.4. The number of hydrogen-bond acceptors (Lipinski definition) is 3. The molecule has 3 atom stereocenters. The minimum Gasteiger partial charge on any atom is -0.396 e. The molecular formula is C16H21BrFNO2. The highest BCUT2D eigenvalue weighted by molar-refractivity contribution is 9.11. The fourth-order valence-corrected chi connectivity index (χ4v) is 3.58. The molecule has 0 spiro atoms. The highest BCUT2D eigenvalue weighted by Gasteiger charge is 2.48. The van der Waals surface area contributed by atoms with Gasteiger partial charge in [-0.15, -0.1) is 0 Å². The molecule has 2 aliphatic carbocycles. The molecule has 3 nitrogen and oxygen atoms in total. The summed E-state index contributed by atoms with van der Waals surface area (Å²) >= 11 is 3.39. The van der Waals surface area contributed by atoms with Crippen LogP contribution in [0.25, 0.3) is 0 Å². The first-order valence-corrected chi connectivity index (χ1v) is 8.28. The van der Waals surface area contributed by atoms with Gasteiger partial charge in [0, 0.05) is 18.1 Å². The van der Waals surface area contributed by atoms with Gasteiger partial charge >= 0.3 is 0 Å². The first-order chi connectivity index (χ1) is 10.0. The summed E-state index contributed by atoms with van der Waals surface area (Å²) < 4.78 is 21.2. The van der Waals surface area contributed by atoms with Crippen LogP contribution in [0.2, 0.25) is 0 Å². The molecule has 2 fully saturated rings. The third-order valence-electron chi connectivity index (χ3n) is 4.82.